The number of phenols is 2. The minimum absolute atomic E-state index is 0.0714. The molecule has 7 heteroatoms. The molecule has 6 aromatic carbocycles. The maximum Gasteiger partial charge on any atom is 0.134 e. The molecular weight excluding hydrogens is 572 g/mol. The number of aliphatic hydroxyl groups excluding tert-OH is 1. The zero-order valence-electron chi connectivity index (χ0n) is 25.8. The van der Waals surface area contributed by atoms with Crippen LogP contribution in [0.3, 0.4) is 0 Å². The predicted molar refractivity (Wildman–Crippen MR) is 185 cm³/mol. The molecule has 0 heterocycles. The second-order valence-corrected chi connectivity index (χ2v) is 12.1. The minimum atomic E-state index is -0.979. The van der Waals surface area contributed by atoms with Gasteiger partial charge in [-0.3, -0.25) is 0 Å². The number of allylic oxidation sites excluding steroid dienone is 3. The summed E-state index contributed by atoms with van der Waals surface area (Å²) in [4.78, 5) is 3.82. The van der Waals surface area contributed by atoms with Crippen molar-refractivity contribution in [1.82, 2.24) is 0 Å². The highest BCUT2D eigenvalue weighted by molar-refractivity contribution is 6.14. The molecule has 46 heavy (non-hydrogen) atoms. The van der Waals surface area contributed by atoms with Crippen molar-refractivity contribution in [2.24, 2.45) is 0 Å². The average molecular weight is 603 g/mol. The molecule has 0 radical (unpaired) electrons. The molecule has 7 nitrogen and oxygen atoms in total. The molecule has 1 atom stereocenters. The van der Waals surface area contributed by atoms with Gasteiger partial charge >= 0.3 is 0 Å². The van der Waals surface area contributed by atoms with Crippen molar-refractivity contribution in [3.05, 3.63) is 113 Å². The molecule has 1 aliphatic carbocycles. The fraction of sp³-hybridized carbons (Fsp3) is 0.128. The summed E-state index contributed by atoms with van der Waals surface area (Å²) in [7, 11) is 7.57. The molecule has 0 saturated carbocycles. The van der Waals surface area contributed by atoms with Crippen molar-refractivity contribution in [3.8, 4) is 23.6 Å². The van der Waals surface area contributed by atoms with Gasteiger partial charge in [0.15, 0.2) is 0 Å². The molecule has 0 saturated heterocycles. The second kappa shape index (κ2) is 10.5. The van der Waals surface area contributed by atoms with Crippen LogP contribution in [0.15, 0.2) is 102 Å². The zero-order chi connectivity index (χ0) is 32.4. The Morgan fingerprint density at radius 3 is 1.52 bits per heavy atom. The lowest BCUT2D eigenvalue weighted by Crippen LogP contribution is -2.23. The van der Waals surface area contributed by atoms with Gasteiger partial charge in [-0.25, -0.2) is 0 Å². The van der Waals surface area contributed by atoms with Gasteiger partial charge in [-0.05, 0) is 56.6 Å². The molecule has 1 unspecified atom stereocenters. The van der Waals surface area contributed by atoms with Crippen LogP contribution in [-0.4, -0.2) is 43.5 Å². The van der Waals surface area contributed by atoms with E-state index in [1.165, 1.54) is 0 Å². The molecule has 6 aromatic rings. The Balaban J connectivity index is 1.59. The van der Waals surface area contributed by atoms with Gasteiger partial charge in [0.05, 0.1) is 5.92 Å². The number of hydrogen-bond donors (Lipinski definition) is 3. The second-order valence-electron chi connectivity index (χ2n) is 12.1. The van der Waals surface area contributed by atoms with Crippen LogP contribution >= 0.6 is 0 Å². The van der Waals surface area contributed by atoms with E-state index in [1.54, 1.807) is 12.1 Å². The van der Waals surface area contributed by atoms with Gasteiger partial charge in [-0.15, -0.1) is 0 Å². The van der Waals surface area contributed by atoms with Crippen molar-refractivity contribution in [3.63, 3.8) is 0 Å². The van der Waals surface area contributed by atoms with Gasteiger partial charge in [0, 0.05) is 84.7 Å². The number of fused-ring (bicyclic) bond motifs is 4. The summed E-state index contributed by atoms with van der Waals surface area (Å²) >= 11 is 0. The van der Waals surface area contributed by atoms with E-state index in [9.17, 15) is 25.8 Å². The van der Waals surface area contributed by atoms with Crippen molar-refractivity contribution in [1.29, 1.82) is 10.5 Å². The molecule has 0 bridgehead atoms. The number of phenolic OH excluding ortho intramolecular Hbond substituents is 2. The van der Waals surface area contributed by atoms with Crippen LogP contribution in [0.2, 0.25) is 0 Å². The molecule has 0 fully saturated rings. The number of anilines is 2. The fourth-order valence-electron chi connectivity index (χ4n) is 6.92. The standard InChI is InChI=1S/C39H30N4O3/c1-42(2)30-17-32(44)35(28-15-23-11-7-5-9-21(23)13-26(28)30)37-34(25(19-40)20-41)38(39(37)46)36-29-16-24-12-8-6-10-22(24)14-27(29)31(43(3)4)18-33(36)45/h5-18,37,44-46H,1-4H3. The Bertz CT molecular complexity index is 2430. The lowest BCUT2D eigenvalue weighted by molar-refractivity contribution is 0.364. The third-order valence-electron chi connectivity index (χ3n) is 9.04. The van der Waals surface area contributed by atoms with E-state index in [4.69, 9.17) is 0 Å². The van der Waals surface area contributed by atoms with Crippen LogP contribution in [0.1, 0.15) is 17.0 Å². The van der Waals surface area contributed by atoms with E-state index in [1.807, 2.05) is 123 Å². The van der Waals surface area contributed by atoms with E-state index < -0.39 is 5.92 Å². The number of aromatic hydroxyl groups is 2. The Hall–Kier alpha value is -6.18. The Morgan fingerprint density at radius 1 is 0.609 bits per heavy atom. The summed E-state index contributed by atoms with van der Waals surface area (Å²) in [5.41, 5.74) is 2.56. The molecule has 1 aliphatic rings. The normalized spacial score (nSPS) is 14.4. The van der Waals surface area contributed by atoms with Gasteiger partial charge in [-0.2, -0.15) is 10.5 Å². The van der Waals surface area contributed by atoms with Crippen LogP contribution in [0.4, 0.5) is 11.4 Å². The van der Waals surface area contributed by atoms with Crippen LogP contribution in [-0.2, 0) is 0 Å². The molecule has 7 rings (SSSR count). The van der Waals surface area contributed by atoms with Gasteiger partial charge in [0.1, 0.15) is 35.0 Å². The summed E-state index contributed by atoms with van der Waals surface area (Å²) in [6.45, 7) is 0. The van der Waals surface area contributed by atoms with E-state index in [2.05, 4.69) is 0 Å². The first-order valence-corrected chi connectivity index (χ1v) is 14.8. The molecule has 0 amide bonds. The van der Waals surface area contributed by atoms with E-state index >= 15 is 0 Å². The largest absolute Gasteiger partial charge is 0.511 e. The molecular formula is C39H30N4O3. The lowest BCUT2D eigenvalue weighted by atomic mass is 9.67. The smallest absolute Gasteiger partial charge is 0.134 e. The molecule has 224 valence electrons. The summed E-state index contributed by atoms with van der Waals surface area (Å²) < 4.78 is 0. The molecule has 0 aliphatic heterocycles. The third kappa shape index (κ3) is 4.10. The number of benzene rings is 6. The topological polar surface area (TPSA) is 115 Å². The van der Waals surface area contributed by atoms with Crippen molar-refractivity contribution in [2.45, 2.75) is 5.92 Å². The number of rotatable bonds is 4. The SMILES string of the molecule is CN(C)c1cc(O)c(C2=C(O)C(c3c(O)cc(N(C)C)c4cc5ccccc5cc34)C2=C(C#N)C#N)c2cc3ccccc3cc12. The van der Waals surface area contributed by atoms with Crippen LogP contribution in [0.5, 0.6) is 11.5 Å². The van der Waals surface area contributed by atoms with Crippen molar-refractivity contribution >= 4 is 60.0 Å². The van der Waals surface area contributed by atoms with E-state index in [0.29, 0.717) is 21.9 Å². The Morgan fingerprint density at radius 2 is 1.04 bits per heavy atom. The first kappa shape index (κ1) is 28.6. The highest BCUT2D eigenvalue weighted by Gasteiger charge is 2.44. The van der Waals surface area contributed by atoms with Crippen molar-refractivity contribution < 1.29 is 15.3 Å². The summed E-state index contributed by atoms with van der Waals surface area (Å²) in [5, 5.41) is 62.5. The maximum atomic E-state index is 12.0. The summed E-state index contributed by atoms with van der Waals surface area (Å²) in [6.07, 6.45) is 0. The van der Waals surface area contributed by atoms with E-state index in [-0.39, 0.29) is 34.0 Å². The van der Waals surface area contributed by atoms with Crippen molar-refractivity contribution in [2.75, 3.05) is 38.0 Å². The van der Waals surface area contributed by atoms with Gasteiger partial charge in [0.2, 0.25) is 0 Å². The number of aliphatic hydroxyl groups is 1. The monoisotopic (exact) mass is 602 g/mol. The quantitative estimate of drug-likeness (QED) is 0.137. The zero-order valence-corrected chi connectivity index (χ0v) is 25.8. The Kier molecular flexibility index (Phi) is 6.51. The number of nitriles is 2. The summed E-state index contributed by atoms with van der Waals surface area (Å²) in [5.74, 6) is -1.28. The number of hydrogen-bond acceptors (Lipinski definition) is 7. The van der Waals surface area contributed by atoms with E-state index in [0.717, 1.165) is 43.7 Å². The molecule has 3 N–H and O–H groups in total. The van der Waals surface area contributed by atoms with Gasteiger partial charge < -0.3 is 25.1 Å². The van der Waals surface area contributed by atoms with Gasteiger partial charge in [-0.1, -0.05) is 48.5 Å². The van der Waals surface area contributed by atoms with Crippen LogP contribution < -0.4 is 9.80 Å². The summed E-state index contributed by atoms with van der Waals surface area (Å²) in [6, 6.07) is 31.1. The minimum Gasteiger partial charge on any atom is -0.511 e. The first-order valence-electron chi connectivity index (χ1n) is 14.8. The fourth-order valence-corrected chi connectivity index (χ4v) is 6.92. The molecule has 0 aromatic heterocycles. The van der Waals surface area contributed by atoms with Crippen LogP contribution in [0, 0.1) is 22.7 Å². The molecule has 0 spiro atoms. The number of nitrogens with zero attached hydrogens (tertiary/aromatic N) is 4. The van der Waals surface area contributed by atoms with Crippen LogP contribution in [0.25, 0.3) is 48.7 Å². The average Bonchev–Trinajstić information content (AvgIpc) is 3.05. The highest BCUT2D eigenvalue weighted by atomic mass is 16.3. The highest BCUT2D eigenvalue weighted by Crippen LogP contribution is 2.59. The Labute approximate surface area is 266 Å². The predicted octanol–water partition coefficient (Wildman–Crippen LogP) is 8.25. The maximum absolute atomic E-state index is 12.0. The lowest BCUT2D eigenvalue weighted by Gasteiger charge is -2.36. The first-order chi connectivity index (χ1) is 22.1. The third-order valence-corrected chi connectivity index (χ3v) is 9.04. The van der Waals surface area contributed by atoms with Gasteiger partial charge in [0.25, 0.3) is 0 Å².